The summed E-state index contributed by atoms with van der Waals surface area (Å²) >= 11 is 0. The molecule has 0 aliphatic rings. The van der Waals surface area contributed by atoms with Crippen molar-refractivity contribution < 1.29 is 8.42 Å². The van der Waals surface area contributed by atoms with Crippen LogP contribution in [0.5, 0.6) is 0 Å². The van der Waals surface area contributed by atoms with E-state index in [-0.39, 0.29) is 4.90 Å². The van der Waals surface area contributed by atoms with Crippen LogP contribution in [0.1, 0.15) is 5.56 Å². The van der Waals surface area contributed by atoms with Crippen LogP contribution in [0.25, 0.3) is 11.1 Å². The molecule has 0 heterocycles. The van der Waals surface area contributed by atoms with E-state index < -0.39 is 10.0 Å². The first-order valence-corrected chi connectivity index (χ1v) is 9.08. The maximum Gasteiger partial charge on any atom is 0.238 e. The highest BCUT2D eigenvalue weighted by atomic mass is 32.2. The Labute approximate surface area is 142 Å². The smallest absolute Gasteiger partial charge is 0.238 e. The minimum absolute atomic E-state index is 0.111. The van der Waals surface area contributed by atoms with Crippen LogP contribution < -0.4 is 10.5 Å². The van der Waals surface area contributed by atoms with Crippen molar-refractivity contribution in [2.45, 2.75) is 11.4 Å². The van der Waals surface area contributed by atoms with Gasteiger partial charge in [-0.05, 0) is 41.0 Å². The first-order valence-electron chi connectivity index (χ1n) is 7.53. The molecule has 3 N–H and O–H groups in total. The molecule has 0 saturated carbocycles. The number of anilines is 1. The van der Waals surface area contributed by atoms with Crippen LogP contribution in [-0.2, 0) is 16.6 Å². The van der Waals surface area contributed by atoms with Crippen LogP contribution in [0.3, 0.4) is 0 Å². The predicted molar refractivity (Wildman–Crippen MR) is 97.0 cm³/mol. The monoisotopic (exact) mass is 338 g/mol. The van der Waals surface area contributed by atoms with E-state index in [1.54, 1.807) is 12.1 Å². The van der Waals surface area contributed by atoms with Gasteiger partial charge in [0, 0.05) is 12.2 Å². The number of sulfonamides is 1. The van der Waals surface area contributed by atoms with Crippen molar-refractivity contribution in [3.8, 4) is 11.1 Å². The highest BCUT2D eigenvalue weighted by molar-refractivity contribution is 7.89. The van der Waals surface area contributed by atoms with E-state index in [1.165, 1.54) is 23.3 Å². The van der Waals surface area contributed by atoms with Gasteiger partial charge in [0.05, 0.1) is 4.90 Å². The zero-order valence-electron chi connectivity index (χ0n) is 13.0. The molecule has 0 bridgehead atoms. The van der Waals surface area contributed by atoms with Crippen LogP contribution in [0.4, 0.5) is 5.69 Å². The predicted octanol–water partition coefficient (Wildman–Crippen LogP) is 3.61. The van der Waals surface area contributed by atoms with Gasteiger partial charge in [0.1, 0.15) is 0 Å². The topological polar surface area (TPSA) is 72.2 Å². The van der Waals surface area contributed by atoms with Crippen molar-refractivity contribution in [2.24, 2.45) is 5.14 Å². The molecule has 3 rings (SSSR count). The molecule has 0 atom stereocenters. The Kier molecular flexibility index (Phi) is 4.64. The molecule has 3 aromatic carbocycles. The molecule has 0 fully saturated rings. The van der Waals surface area contributed by atoms with Gasteiger partial charge < -0.3 is 5.32 Å². The van der Waals surface area contributed by atoms with E-state index in [4.69, 9.17) is 5.14 Å². The van der Waals surface area contributed by atoms with E-state index >= 15 is 0 Å². The number of nitrogens with one attached hydrogen (secondary N) is 1. The van der Waals surface area contributed by atoms with E-state index in [2.05, 4.69) is 41.7 Å². The van der Waals surface area contributed by atoms with Crippen molar-refractivity contribution in [3.05, 3.63) is 84.4 Å². The summed E-state index contributed by atoms with van der Waals surface area (Å²) < 4.78 is 22.5. The Hall–Kier alpha value is -2.63. The zero-order chi connectivity index (χ0) is 17.0. The van der Waals surface area contributed by atoms with E-state index in [9.17, 15) is 8.42 Å². The average Bonchev–Trinajstić information content (AvgIpc) is 2.61. The van der Waals surface area contributed by atoms with Gasteiger partial charge in [0.15, 0.2) is 0 Å². The lowest BCUT2D eigenvalue weighted by Gasteiger charge is -2.08. The molecule has 0 unspecified atom stereocenters. The van der Waals surface area contributed by atoms with Gasteiger partial charge in [0.25, 0.3) is 0 Å². The van der Waals surface area contributed by atoms with Gasteiger partial charge >= 0.3 is 0 Å². The Balaban J connectivity index is 1.65. The number of nitrogens with two attached hydrogens (primary N) is 1. The second kappa shape index (κ2) is 6.86. The summed E-state index contributed by atoms with van der Waals surface area (Å²) in [4.78, 5) is 0.111. The van der Waals surface area contributed by atoms with Gasteiger partial charge in [-0.2, -0.15) is 0 Å². The highest BCUT2D eigenvalue weighted by Crippen LogP contribution is 2.20. The minimum atomic E-state index is -3.65. The summed E-state index contributed by atoms with van der Waals surface area (Å²) in [6.45, 7) is 0.657. The molecule has 0 aliphatic heterocycles. The SMILES string of the molecule is NS(=O)(=O)c1ccc(NCc2ccc(-c3ccccc3)cc2)cc1. The molecule has 0 radical (unpaired) electrons. The quantitative estimate of drug-likeness (QED) is 0.746. The molecule has 122 valence electrons. The standard InChI is InChI=1S/C19H18N2O2S/c20-24(22,23)19-12-10-18(11-13-19)21-14-15-6-8-17(9-7-15)16-4-2-1-3-5-16/h1-13,21H,14H2,(H2,20,22,23). The van der Waals surface area contributed by atoms with Gasteiger partial charge in [-0.15, -0.1) is 0 Å². The molecule has 0 amide bonds. The maximum atomic E-state index is 11.2. The Morgan fingerprint density at radius 2 is 1.33 bits per heavy atom. The Bertz CT molecular complexity index is 904. The number of hydrogen-bond acceptors (Lipinski definition) is 3. The van der Waals surface area contributed by atoms with Crippen molar-refractivity contribution in [1.29, 1.82) is 0 Å². The van der Waals surface area contributed by atoms with Crippen molar-refractivity contribution in [3.63, 3.8) is 0 Å². The molecule has 0 saturated heterocycles. The number of hydrogen-bond donors (Lipinski definition) is 2. The average molecular weight is 338 g/mol. The van der Waals surface area contributed by atoms with Crippen LogP contribution in [0.2, 0.25) is 0 Å². The molecule has 24 heavy (non-hydrogen) atoms. The molecule has 0 spiro atoms. The third-order valence-corrected chi connectivity index (χ3v) is 4.67. The number of primary sulfonamides is 1. The lowest BCUT2D eigenvalue weighted by atomic mass is 10.0. The Morgan fingerprint density at radius 1 is 0.750 bits per heavy atom. The van der Waals surface area contributed by atoms with Gasteiger partial charge in [0.2, 0.25) is 10.0 Å². The first-order chi connectivity index (χ1) is 11.5. The molecular formula is C19H18N2O2S. The molecule has 5 heteroatoms. The van der Waals surface area contributed by atoms with Crippen LogP contribution in [-0.4, -0.2) is 8.42 Å². The Morgan fingerprint density at radius 3 is 1.92 bits per heavy atom. The summed E-state index contributed by atoms with van der Waals surface area (Å²) in [7, 11) is -3.65. The summed E-state index contributed by atoms with van der Waals surface area (Å²) in [5.41, 5.74) is 4.35. The summed E-state index contributed by atoms with van der Waals surface area (Å²) in [5, 5.41) is 8.35. The minimum Gasteiger partial charge on any atom is -0.381 e. The van der Waals surface area contributed by atoms with Crippen LogP contribution in [0.15, 0.2) is 83.8 Å². The van der Waals surface area contributed by atoms with E-state index in [0.717, 1.165) is 11.3 Å². The largest absolute Gasteiger partial charge is 0.381 e. The van der Waals surface area contributed by atoms with Gasteiger partial charge in [-0.1, -0.05) is 54.6 Å². The third-order valence-electron chi connectivity index (χ3n) is 3.74. The van der Waals surface area contributed by atoms with Crippen molar-refractivity contribution >= 4 is 15.7 Å². The van der Waals surface area contributed by atoms with Crippen molar-refractivity contribution in [2.75, 3.05) is 5.32 Å². The van der Waals surface area contributed by atoms with Crippen LogP contribution in [0, 0.1) is 0 Å². The fraction of sp³-hybridized carbons (Fsp3) is 0.0526. The molecule has 0 aliphatic carbocycles. The second-order valence-corrected chi connectivity index (χ2v) is 7.05. The van der Waals surface area contributed by atoms with Gasteiger partial charge in [-0.25, -0.2) is 13.6 Å². The fourth-order valence-corrected chi connectivity index (χ4v) is 2.93. The third kappa shape index (κ3) is 4.01. The first kappa shape index (κ1) is 16.2. The fourth-order valence-electron chi connectivity index (χ4n) is 2.41. The lowest BCUT2D eigenvalue weighted by molar-refractivity contribution is 0.598. The maximum absolute atomic E-state index is 11.2. The normalized spacial score (nSPS) is 11.2. The molecule has 3 aromatic rings. The summed E-state index contributed by atoms with van der Waals surface area (Å²) in [6, 6.07) is 25.0. The second-order valence-electron chi connectivity index (χ2n) is 5.49. The molecule has 0 aromatic heterocycles. The highest BCUT2D eigenvalue weighted by Gasteiger charge is 2.06. The summed E-state index contributed by atoms with van der Waals surface area (Å²) in [5.74, 6) is 0. The van der Waals surface area contributed by atoms with Crippen molar-refractivity contribution in [1.82, 2.24) is 0 Å². The van der Waals surface area contributed by atoms with E-state index in [1.807, 2.05) is 18.2 Å². The lowest BCUT2D eigenvalue weighted by Crippen LogP contribution is -2.12. The van der Waals surface area contributed by atoms with E-state index in [0.29, 0.717) is 6.54 Å². The van der Waals surface area contributed by atoms with Crippen LogP contribution >= 0.6 is 0 Å². The summed E-state index contributed by atoms with van der Waals surface area (Å²) in [6.07, 6.45) is 0. The molecule has 4 nitrogen and oxygen atoms in total. The van der Waals surface area contributed by atoms with Gasteiger partial charge in [-0.3, -0.25) is 0 Å². The number of benzene rings is 3. The number of rotatable bonds is 5. The zero-order valence-corrected chi connectivity index (χ0v) is 13.8. The molecular weight excluding hydrogens is 320 g/mol.